The standard InChI is InChI=1S/C19H21N3OS/c1-12-15-17(23)21-19(20-14-10-6-3-7-11-14)22-18(15)24-16(12)13-8-4-2-5-9-13/h2,4-5,8-9,14H,3,6-7,10-11H2,1H3,(H2,20,21,22,23). The number of benzene rings is 1. The van der Waals surface area contributed by atoms with E-state index >= 15 is 0 Å². The van der Waals surface area contributed by atoms with Crippen LogP contribution in [0.25, 0.3) is 20.7 Å². The van der Waals surface area contributed by atoms with Gasteiger partial charge in [-0.05, 0) is 30.9 Å². The Balaban J connectivity index is 1.74. The van der Waals surface area contributed by atoms with Crippen molar-refractivity contribution in [2.45, 2.75) is 45.1 Å². The van der Waals surface area contributed by atoms with Crippen molar-refractivity contribution in [1.82, 2.24) is 9.97 Å². The second-order valence-corrected chi connectivity index (χ2v) is 7.50. The molecule has 1 aliphatic rings. The lowest BCUT2D eigenvalue weighted by molar-refractivity contribution is 0.461. The van der Waals surface area contributed by atoms with E-state index in [2.05, 4.69) is 27.4 Å². The lowest BCUT2D eigenvalue weighted by Crippen LogP contribution is -2.25. The third-order valence-electron chi connectivity index (χ3n) is 4.78. The molecule has 4 nitrogen and oxygen atoms in total. The molecule has 0 amide bonds. The number of nitrogens with zero attached hydrogens (tertiary/aromatic N) is 1. The van der Waals surface area contributed by atoms with Crippen molar-refractivity contribution in [3.63, 3.8) is 0 Å². The molecule has 2 aromatic heterocycles. The summed E-state index contributed by atoms with van der Waals surface area (Å²) >= 11 is 1.60. The Bertz CT molecular complexity index is 908. The average molecular weight is 339 g/mol. The summed E-state index contributed by atoms with van der Waals surface area (Å²) < 4.78 is 0. The number of thiophene rings is 1. The number of rotatable bonds is 3. The molecule has 3 aromatic rings. The van der Waals surface area contributed by atoms with E-state index in [1.165, 1.54) is 19.3 Å². The molecule has 4 rings (SSSR count). The van der Waals surface area contributed by atoms with Gasteiger partial charge >= 0.3 is 0 Å². The van der Waals surface area contributed by atoms with Gasteiger partial charge in [0.2, 0.25) is 5.95 Å². The van der Waals surface area contributed by atoms with Crippen molar-refractivity contribution in [3.8, 4) is 10.4 Å². The van der Waals surface area contributed by atoms with Gasteiger partial charge in [0.25, 0.3) is 5.56 Å². The maximum atomic E-state index is 12.6. The number of aromatic nitrogens is 2. The molecule has 0 saturated heterocycles. The molecule has 5 heteroatoms. The van der Waals surface area contributed by atoms with Gasteiger partial charge in [0.1, 0.15) is 4.83 Å². The Hall–Kier alpha value is -2.14. The minimum atomic E-state index is -0.0470. The summed E-state index contributed by atoms with van der Waals surface area (Å²) in [7, 11) is 0. The fraction of sp³-hybridized carbons (Fsp3) is 0.368. The van der Waals surface area contributed by atoms with Gasteiger partial charge in [-0.1, -0.05) is 49.6 Å². The third kappa shape index (κ3) is 2.84. The molecule has 124 valence electrons. The first-order chi connectivity index (χ1) is 11.7. The summed E-state index contributed by atoms with van der Waals surface area (Å²) in [6.45, 7) is 2.01. The SMILES string of the molecule is Cc1c(-c2ccccc2)sc2nc(NC3CCCCC3)[nH]c(=O)c12. The number of aromatic amines is 1. The van der Waals surface area contributed by atoms with Crippen LogP contribution in [0.1, 0.15) is 37.7 Å². The summed E-state index contributed by atoms with van der Waals surface area (Å²) in [5.41, 5.74) is 2.10. The summed E-state index contributed by atoms with van der Waals surface area (Å²) in [5.74, 6) is 0.611. The highest BCUT2D eigenvalue weighted by Crippen LogP contribution is 2.35. The zero-order valence-corrected chi connectivity index (χ0v) is 14.6. The number of hydrogen-bond acceptors (Lipinski definition) is 4. The average Bonchev–Trinajstić information content (AvgIpc) is 2.94. The van der Waals surface area contributed by atoms with Crippen LogP contribution in [0.3, 0.4) is 0 Å². The number of aryl methyl sites for hydroxylation is 1. The quantitative estimate of drug-likeness (QED) is 0.727. The molecular formula is C19H21N3OS. The molecule has 0 radical (unpaired) electrons. The molecular weight excluding hydrogens is 318 g/mol. The maximum absolute atomic E-state index is 12.6. The van der Waals surface area contributed by atoms with Crippen LogP contribution in [-0.2, 0) is 0 Å². The predicted octanol–water partition coefficient (Wildman–Crippen LogP) is 4.70. The van der Waals surface area contributed by atoms with E-state index in [-0.39, 0.29) is 5.56 Å². The van der Waals surface area contributed by atoms with Crippen molar-refractivity contribution in [2.24, 2.45) is 0 Å². The van der Waals surface area contributed by atoms with Crippen LogP contribution in [0.4, 0.5) is 5.95 Å². The van der Waals surface area contributed by atoms with E-state index in [0.29, 0.717) is 17.4 Å². The van der Waals surface area contributed by atoms with Gasteiger partial charge in [-0.2, -0.15) is 0 Å². The fourth-order valence-corrected chi connectivity index (χ4v) is 4.70. The Morgan fingerprint density at radius 3 is 2.67 bits per heavy atom. The van der Waals surface area contributed by atoms with Crippen LogP contribution >= 0.6 is 11.3 Å². The highest BCUT2D eigenvalue weighted by atomic mass is 32.1. The molecule has 1 aliphatic carbocycles. The van der Waals surface area contributed by atoms with Crippen LogP contribution in [0.5, 0.6) is 0 Å². The van der Waals surface area contributed by atoms with Crippen LogP contribution in [0.2, 0.25) is 0 Å². The Labute approximate surface area is 145 Å². The topological polar surface area (TPSA) is 57.8 Å². The van der Waals surface area contributed by atoms with E-state index < -0.39 is 0 Å². The van der Waals surface area contributed by atoms with E-state index in [9.17, 15) is 4.79 Å². The first-order valence-electron chi connectivity index (χ1n) is 8.58. The van der Waals surface area contributed by atoms with Gasteiger partial charge in [0, 0.05) is 10.9 Å². The molecule has 1 aromatic carbocycles. The molecule has 0 bridgehead atoms. The number of nitrogens with one attached hydrogen (secondary N) is 2. The second kappa shape index (κ2) is 6.40. The van der Waals surface area contributed by atoms with E-state index in [1.54, 1.807) is 11.3 Å². The van der Waals surface area contributed by atoms with Crippen molar-refractivity contribution in [2.75, 3.05) is 5.32 Å². The monoisotopic (exact) mass is 339 g/mol. The van der Waals surface area contributed by atoms with Gasteiger partial charge in [-0.3, -0.25) is 9.78 Å². The molecule has 24 heavy (non-hydrogen) atoms. The van der Waals surface area contributed by atoms with Gasteiger partial charge in [-0.25, -0.2) is 4.98 Å². The number of fused-ring (bicyclic) bond motifs is 1. The largest absolute Gasteiger partial charge is 0.353 e. The smallest absolute Gasteiger partial charge is 0.261 e. The summed E-state index contributed by atoms with van der Waals surface area (Å²) in [5, 5.41) is 4.14. The predicted molar refractivity (Wildman–Crippen MR) is 101 cm³/mol. The highest BCUT2D eigenvalue weighted by Gasteiger charge is 2.18. The first-order valence-corrected chi connectivity index (χ1v) is 9.39. The van der Waals surface area contributed by atoms with Gasteiger partial charge < -0.3 is 5.32 Å². The molecule has 0 unspecified atom stereocenters. The number of H-pyrrole nitrogens is 1. The van der Waals surface area contributed by atoms with Gasteiger partial charge in [0.05, 0.1) is 5.39 Å². The number of hydrogen-bond donors (Lipinski definition) is 2. The van der Waals surface area contributed by atoms with Crippen molar-refractivity contribution in [3.05, 3.63) is 46.2 Å². The zero-order valence-electron chi connectivity index (χ0n) is 13.8. The van der Waals surface area contributed by atoms with Crippen molar-refractivity contribution >= 4 is 27.5 Å². The third-order valence-corrected chi connectivity index (χ3v) is 6.02. The maximum Gasteiger partial charge on any atom is 0.261 e. The normalized spacial score (nSPS) is 15.7. The molecule has 0 aliphatic heterocycles. The first kappa shape index (κ1) is 15.4. The fourth-order valence-electron chi connectivity index (χ4n) is 3.52. The molecule has 0 spiro atoms. The highest BCUT2D eigenvalue weighted by molar-refractivity contribution is 7.22. The van der Waals surface area contributed by atoms with Crippen LogP contribution < -0.4 is 10.9 Å². The zero-order chi connectivity index (χ0) is 16.5. The summed E-state index contributed by atoms with van der Waals surface area (Å²) in [6, 6.07) is 10.6. The van der Waals surface area contributed by atoms with E-state index in [4.69, 9.17) is 0 Å². The van der Waals surface area contributed by atoms with Crippen LogP contribution in [-0.4, -0.2) is 16.0 Å². The van der Waals surface area contributed by atoms with Gasteiger partial charge in [-0.15, -0.1) is 11.3 Å². The Morgan fingerprint density at radius 2 is 1.92 bits per heavy atom. The van der Waals surface area contributed by atoms with Crippen LogP contribution in [0, 0.1) is 6.92 Å². The van der Waals surface area contributed by atoms with E-state index in [1.807, 2.05) is 25.1 Å². The minimum Gasteiger partial charge on any atom is -0.353 e. The summed E-state index contributed by atoms with van der Waals surface area (Å²) in [6.07, 6.45) is 6.12. The van der Waals surface area contributed by atoms with Crippen LogP contribution in [0.15, 0.2) is 35.1 Å². The van der Waals surface area contributed by atoms with Crippen molar-refractivity contribution < 1.29 is 0 Å². The molecule has 1 fully saturated rings. The molecule has 2 N–H and O–H groups in total. The Kier molecular flexibility index (Phi) is 4.10. The number of anilines is 1. The van der Waals surface area contributed by atoms with Gasteiger partial charge in [0.15, 0.2) is 0 Å². The van der Waals surface area contributed by atoms with E-state index in [0.717, 1.165) is 33.7 Å². The Morgan fingerprint density at radius 1 is 1.17 bits per heavy atom. The second-order valence-electron chi connectivity index (χ2n) is 6.50. The lowest BCUT2D eigenvalue weighted by atomic mass is 9.96. The molecule has 0 atom stereocenters. The lowest BCUT2D eigenvalue weighted by Gasteiger charge is -2.22. The molecule has 1 saturated carbocycles. The summed E-state index contributed by atoms with van der Waals surface area (Å²) in [4.78, 5) is 22.1. The van der Waals surface area contributed by atoms with Crippen molar-refractivity contribution in [1.29, 1.82) is 0 Å². The molecule has 2 heterocycles. The minimum absolute atomic E-state index is 0.0470.